The van der Waals surface area contributed by atoms with Crippen LogP contribution in [0.3, 0.4) is 0 Å². The molecule has 0 aliphatic rings. The molecule has 0 saturated carbocycles. The summed E-state index contributed by atoms with van der Waals surface area (Å²) in [4.78, 5) is 2.98. The van der Waals surface area contributed by atoms with E-state index in [2.05, 4.69) is 25.4 Å². The number of para-hydroxylation sites is 1. The first-order chi connectivity index (χ1) is 7.95. The maximum Gasteiger partial charge on any atom is 0.163 e. The molecule has 1 N–H and O–H groups in total. The van der Waals surface area contributed by atoms with Crippen molar-refractivity contribution in [2.75, 3.05) is 0 Å². The van der Waals surface area contributed by atoms with Gasteiger partial charge in [0.25, 0.3) is 0 Å². The molecule has 0 atom stereocenters. The topological polar surface area (TPSA) is 72.3 Å². The number of benzene rings is 1. The molecule has 3 rings (SSSR count). The van der Waals surface area contributed by atoms with Gasteiger partial charge < -0.3 is 4.98 Å². The minimum Gasteiger partial charge on any atom is -0.327 e. The lowest BCUT2D eigenvalue weighted by Crippen LogP contribution is -1.94. The summed E-state index contributed by atoms with van der Waals surface area (Å²) in [6.45, 7) is 0. The molecular formula is C10H8N6. The van der Waals surface area contributed by atoms with Crippen molar-refractivity contribution < 1.29 is 0 Å². The van der Waals surface area contributed by atoms with E-state index in [0.29, 0.717) is 0 Å². The average Bonchev–Trinajstić information content (AvgIpc) is 3.03. The molecular weight excluding hydrogens is 204 g/mol. The Hall–Kier alpha value is -2.50. The third-order valence-electron chi connectivity index (χ3n) is 2.27. The Labute approximate surface area is 91.0 Å². The van der Waals surface area contributed by atoms with E-state index in [0.717, 1.165) is 17.1 Å². The molecule has 2 heterocycles. The van der Waals surface area contributed by atoms with Gasteiger partial charge in [-0.1, -0.05) is 12.1 Å². The predicted octanol–water partition coefficient (Wildman–Crippen LogP) is 1.05. The molecule has 3 aromatic rings. The first-order valence-electron chi connectivity index (χ1n) is 4.75. The van der Waals surface area contributed by atoms with Crippen molar-refractivity contribution in [2.45, 2.75) is 0 Å². The van der Waals surface area contributed by atoms with Crippen molar-refractivity contribution >= 4 is 0 Å². The van der Waals surface area contributed by atoms with E-state index in [1.54, 1.807) is 19.0 Å². The normalized spacial score (nSPS) is 10.5. The summed E-state index contributed by atoms with van der Waals surface area (Å²) in [6.07, 6.45) is 4.85. The Kier molecular flexibility index (Phi) is 1.96. The predicted molar refractivity (Wildman–Crippen MR) is 56.7 cm³/mol. The minimum absolute atomic E-state index is 0.726. The molecule has 2 aromatic heterocycles. The number of aromatic nitrogens is 6. The van der Waals surface area contributed by atoms with Crippen molar-refractivity contribution in [3.05, 3.63) is 43.2 Å². The number of hydrogen-bond donors (Lipinski definition) is 1. The molecule has 0 radical (unpaired) electrons. The van der Waals surface area contributed by atoms with Crippen molar-refractivity contribution in [1.29, 1.82) is 0 Å². The Balaban J connectivity index is 2.19. The maximum absolute atomic E-state index is 4.00. The molecule has 0 aliphatic heterocycles. The number of rotatable bonds is 2. The molecule has 0 unspecified atom stereocenters. The van der Waals surface area contributed by atoms with Crippen molar-refractivity contribution in [3.8, 4) is 17.1 Å². The molecule has 0 saturated heterocycles. The van der Waals surface area contributed by atoms with Gasteiger partial charge in [-0.05, 0) is 12.1 Å². The van der Waals surface area contributed by atoms with Gasteiger partial charge in [0.15, 0.2) is 5.82 Å². The number of nitrogens with one attached hydrogen (secondary N) is 1. The zero-order valence-electron chi connectivity index (χ0n) is 8.28. The zero-order chi connectivity index (χ0) is 10.8. The molecule has 0 amide bonds. The van der Waals surface area contributed by atoms with Crippen LogP contribution < -0.4 is 0 Å². The van der Waals surface area contributed by atoms with Gasteiger partial charge in [-0.2, -0.15) is 0 Å². The third-order valence-corrected chi connectivity index (χ3v) is 2.27. The van der Waals surface area contributed by atoms with Crippen molar-refractivity contribution in [3.63, 3.8) is 0 Å². The Morgan fingerprint density at radius 2 is 1.81 bits per heavy atom. The van der Waals surface area contributed by atoms with Gasteiger partial charge >= 0.3 is 0 Å². The van der Waals surface area contributed by atoms with Gasteiger partial charge in [0.2, 0.25) is 0 Å². The third kappa shape index (κ3) is 1.36. The molecule has 0 fully saturated rings. The van der Waals surface area contributed by atoms with Crippen LogP contribution in [0.1, 0.15) is 0 Å². The van der Waals surface area contributed by atoms with Crippen LogP contribution in [-0.4, -0.2) is 29.9 Å². The first kappa shape index (κ1) is 8.78. The summed E-state index contributed by atoms with van der Waals surface area (Å²) < 4.78 is 1.83. The van der Waals surface area contributed by atoms with Crippen LogP contribution in [0.2, 0.25) is 0 Å². The van der Waals surface area contributed by atoms with E-state index in [1.165, 1.54) is 0 Å². The Morgan fingerprint density at radius 3 is 2.56 bits per heavy atom. The largest absolute Gasteiger partial charge is 0.327 e. The molecule has 0 bridgehead atoms. The highest BCUT2D eigenvalue weighted by atomic mass is 15.2. The Bertz CT molecular complexity index is 516. The summed E-state index contributed by atoms with van der Waals surface area (Å²) in [6, 6.07) is 7.85. The van der Waals surface area contributed by atoms with E-state index < -0.39 is 0 Å². The average molecular weight is 212 g/mol. The highest BCUT2D eigenvalue weighted by Gasteiger charge is 2.08. The van der Waals surface area contributed by atoms with Crippen LogP contribution in [-0.2, 0) is 0 Å². The monoisotopic (exact) mass is 212 g/mol. The van der Waals surface area contributed by atoms with Gasteiger partial charge in [0.05, 0.1) is 5.69 Å². The van der Waals surface area contributed by atoms with Gasteiger partial charge in [-0.15, -0.1) is 20.4 Å². The smallest absolute Gasteiger partial charge is 0.163 e. The summed E-state index contributed by atoms with van der Waals surface area (Å²) in [7, 11) is 0. The van der Waals surface area contributed by atoms with Crippen molar-refractivity contribution in [1.82, 2.24) is 29.9 Å². The van der Waals surface area contributed by atoms with Crippen molar-refractivity contribution in [2.24, 2.45) is 0 Å². The van der Waals surface area contributed by atoms with Gasteiger partial charge in [0.1, 0.15) is 19.0 Å². The van der Waals surface area contributed by atoms with Crippen LogP contribution in [0.25, 0.3) is 17.1 Å². The van der Waals surface area contributed by atoms with E-state index in [4.69, 9.17) is 0 Å². The Morgan fingerprint density at radius 1 is 1.00 bits per heavy atom. The van der Waals surface area contributed by atoms with Gasteiger partial charge in [0, 0.05) is 5.56 Å². The number of nitrogens with zero attached hydrogens (tertiary/aromatic N) is 5. The van der Waals surface area contributed by atoms with Crippen LogP contribution in [0.4, 0.5) is 0 Å². The van der Waals surface area contributed by atoms with E-state index in [9.17, 15) is 0 Å². The molecule has 1 aromatic carbocycles. The fourth-order valence-corrected chi connectivity index (χ4v) is 1.56. The number of hydrogen-bond acceptors (Lipinski definition) is 4. The van der Waals surface area contributed by atoms with E-state index in [1.807, 2.05) is 28.8 Å². The fourth-order valence-electron chi connectivity index (χ4n) is 1.56. The van der Waals surface area contributed by atoms with Gasteiger partial charge in [-0.3, -0.25) is 4.57 Å². The van der Waals surface area contributed by atoms with Gasteiger partial charge in [-0.25, -0.2) is 0 Å². The summed E-state index contributed by atoms with van der Waals surface area (Å²) in [5.74, 6) is 0.726. The SMILES string of the molecule is c1ccc(-n2cnnc2)c(-c2nnc[nH]2)c1. The zero-order valence-corrected chi connectivity index (χ0v) is 8.28. The first-order valence-corrected chi connectivity index (χ1v) is 4.75. The second-order valence-electron chi connectivity index (χ2n) is 3.22. The van der Waals surface area contributed by atoms with E-state index in [-0.39, 0.29) is 0 Å². The van der Waals surface area contributed by atoms with Crippen LogP contribution in [0.15, 0.2) is 43.2 Å². The highest BCUT2D eigenvalue weighted by molar-refractivity contribution is 5.66. The minimum atomic E-state index is 0.726. The van der Waals surface area contributed by atoms with E-state index >= 15 is 0 Å². The number of H-pyrrole nitrogens is 1. The lowest BCUT2D eigenvalue weighted by atomic mass is 10.1. The molecule has 0 spiro atoms. The lowest BCUT2D eigenvalue weighted by Gasteiger charge is -2.05. The molecule has 0 aliphatic carbocycles. The maximum atomic E-state index is 4.00. The molecule has 78 valence electrons. The molecule has 6 nitrogen and oxygen atoms in total. The number of aromatic amines is 1. The second kappa shape index (κ2) is 3.58. The summed E-state index contributed by atoms with van der Waals surface area (Å²) in [5.41, 5.74) is 1.92. The standard InChI is InChI=1S/C10H8N6/c1-2-4-9(16-6-13-14-7-16)8(3-1)10-11-5-12-15-10/h1-7H,(H,11,12,15). The molecule has 16 heavy (non-hydrogen) atoms. The van der Waals surface area contributed by atoms with Crippen LogP contribution in [0, 0.1) is 0 Å². The van der Waals surface area contributed by atoms with Crippen LogP contribution in [0.5, 0.6) is 0 Å². The van der Waals surface area contributed by atoms with Crippen LogP contribution >= 0.6 is 0 Å². The summed E-state index contributed by atoms with van der Waals surface area (Å²) in [5, 5.41) is 15.3. The molecule has 6 heteroatoms. The summed E-state index contributed by atoms with van der Waals surface area (Å²) >= 11 is 0. The lowest BCUT2D eigenvalue weighted by molar-refractivity contribution is 1.04. The highest BCUT2D eigenvalue weighted by Crippen LogP contribution is 2.22. The second-order valence-corrected chi connectivity index (χ2v) is 3.22. The fraction of sp³-hybridized carbons (Fsp3) is 0. The quantitative estimate of drug-likeness (QED) is 0.689.